The zero-order valence-electron chi connectivity index (χ0n) is 11.1. The summed E-state index contributed by atoms with van der Waals surface area (Å²) in [5.74, 6) is -0.275. The Labute approximate surface area is 117 Å². The largest absolute Gasteiger partial charge is 0.462 e. The minimum atomic E-state index is -0.582. The molecule has 19 heavy (non-hydrogen) atoms. The summed E-state index contributed by atoms with van der Waals surface area (Å²) in [6.45, 7) is 4.03. The van der Waals surface area contributed by atoms with Gasteiger partial charge in [-0.05, 0) is 25.5 Å². The molecule has 0 N–H and O–H groups in total. The van der Waals surface area contributed by atoms with Gasteiger partial charge in [-0.15, -0.1) is 10.2 Å². The van der Waals surface area contributed by atoms with Gasteiger partial charge in [-0.3, -0.25) is 0 Å². The van der Waals surface area contributed by atoms with Crippen LogP contribution >= 0.6 is 11.6 Å². The first kappa shape index (κ1) is 15.4. The summed E-state index contributed by atoms with van der Waals surface area (Å²) < 4.78 is 10.0. The monoisotopic (exact) mass is 284 g/mol. The summed E-state index contributed by atoms with van der Waals surface area (Å²) in [4.78, 5) is 11.7. The van der Waals surface area contributed by atoms with Crippen LogP contribution in [0.25, 0.3) is 0 Å². The number of unbranched alkanes of at least 4 members (excludes halogenated alkanes) is 1. The lowest BCUT2D eigenvalue weighted by Crippen LogP contribution is -2.18. The number of ether oxygens (including phenoxy) is 1. The van der Waals surface area contributed by atoms with E-state index in [9.17, 15) is 4.79 Å². The minimum absolute atomic E-state index is 0.0153. The molecule has 1 heterocycles. The minimum Gasteiger partial charge on any atom is -0.462 e. The van der Waals surface area contributed by atoms with Crippen LogP contribution in [0.1, 0.15) is 38.9 Å². The lowest BCUT2D eigenvalue weighted by atomic mass is 10.3. The molecule has 0 aliphatic heterocycles. The lowest BCUT2D eigenvalue weighted by molar-refractivity contribution is -0.135. The maximum Gasteiger partial charge on any atom is 0.362 e. The first-order chi connectivity index (χ1) is 9.19. The Kier molecular flexibility index (Phi) is 6.89. The normalized spacial score (nSPS) is 12.6. The molecule has 0 saturated carbocycles. The second-order valence-electron chi connectivity index (χ2n) is 3.73. The fourth-order valence-electron chi connectivity index (χ4n) is 1.28. The van der Waals surface area contributed by atoms with Crippen LogP contribution in [0.15, 0.2) is 33.0 Å². The van der Waals surface area contributed by atoms with Gasteiger partial charge in [0.1, 0.15) is 5.17 Å². The summed E-state index contributed by atoms with van der Waals surface area (Å²) in [7, 11) is 0. The molecule has 1 aromatic heterocycles. The molecule has 1 rings (SSSR count). The van der Waals surface area contributed by atoms with E-state index in [-0.39, 0.29) is 12.3 Å². The van der Waals surface area contributed by atoms with Gasteiger partial charge >= 0.3 is 5.97 Å². The quantitative estimate of drug-likeness (QED) is 0.438. The molecule has 0 unspecified atom stereocenters. The van der Waals surface area contributed by atoms with Gasteiger partial charge in [0.25, 0.3) is 0 Å². The van der Waals surface area contributed by atoms with Crippen LogP contribution in [0, 0.1) is 0 Å². The summed E-state index contributed by atoms with van der Waals surface area (Å²) in [6, 6.07) is 3.28. The van der Waals surface area contributed by atoms with Gasteiger partial charge in [0.15, 0.2) is 5.76 Å². The van der Waals surface area contributed by atoms with Gasteiger partial charge in [-0.1, -0.05) is 24.9 Å². The first-order valence-corrected chi connectivity index (χ1v) is 6.57. The van der Waals surface area contributed by atoms with Crippen molar-refractivity contribution in [3.05, 3.63) is 24.2 Å². The van der Waals surface area contributed by atoms with Gasteiger partial charge in [-0.25, -0.2) is 4.79 Å². The average Bonchev–Trinajstić information content (AvgIpc) is 2.90. The zero-order valence-corrected chi connectivity index (χ0v) is 11.8. The summed E-state index contributed by atoms with van der Waals surface area (Å²) in [6.07, 6.45) is 4.02. The highest BCUT2D eigenvalue weighted by atomic mass is 35.5. The molecule has 0 bridgehead atoms. The van der Waals surface area contributed by atoms with Crippen LogP contribution in [0.2, 0.25) is 0 Å². The van der Waals surface area contributed by atoms with Crippen molar-refractivity contribution in [1.29, 1.82) is 0 Å². The SMILES string of the molecule is CCCCC(Cl)=NN=C(C(=O)OCC)c1ccco1. The molecule has 0 atom stereocenters. The molecular weight excluding hydrogens is 268 g/mol. The molecule has 0 fully saturated rings. The van der Waals surface area contributed by atoms with Crippen molar-refractivity contribution >= 4 is 28.5 Å². The molecule has 1 aromatic rings. The molecular formula is C13H17ClN2O3. The van der Waals surface area contributed by atoms with E-state index in [1.807, 2.05) is 0 Å². The molecule has 5 nitrogen and oxygen atoms in total. The van der Waals surface area contributed by atoms with Gasteiger partial charge in [0.2, 0.25) is 5.71 Å². The van der Waals surface area contributed by atoms with Crippen LogP contribution in [0.5, 0.6) is 0 Å². The van der Waals surface area contributed by atoms with Crippen LogP contribution in [0.3, 0.4) is 0 Å². The fourth-order valence-corrected chi connectivity index (χ4v) is 1.45. The number of carbonyl (C=O) groups is 1. The molecule has 6 heteroatoms. The highest BCUT2D eigenvalue weighted by Gasteiger charge is 2.18. The summed E-state index contributed by atoms with van der Waals surface area (Å²) in [5, 5.41) is 8.03. The highest BCUT2D eigenvalue weighted by molar-refractivity contribution is 6.65. The Balaban J connectivity index is 2.88. The second kappa shape index (κ2) is 8.48. The van der Waals surface area contributed by atoms with Gasteiger partial charge < -0.3 is 9.15 Å². The Hall–Kier alpha value is -1.62. The molecule has 0 spiro atoms. The van der Waals surface area contributed by atoms with Gasteiger partial charge in [-0.2, -0.15) is 0 Å². The number of hydrogen-bond acceptors (Lipinski definition) is 5. The standard InChI is InChI=1S/C13H17ClN2O3/c1-3-5-8-11(14)15-16-12(13(17)18-4-2)10-7-6-9-19-10/h6-7,9H,3-5,8H2,1-2H3. The summed E-state index contributed by atoms with van der Waals surface area (Å²) in [5.41, 5.74) is 0.0153. The van der Waals surface area contributed by atoms with Crippen LogP contribution in [-0.2, 0) is 9.53 Å². The van der Waals surface area contributed by atoms with Crippen molar-refractivity contribution in [3.8, 4) is 0 Å². The number of furan rings is 1. The van der Waals surface area contributed by atoms with Crippen molar-refractivity contribution in [2.75, 3.05) is 6.61 Å². The van der Waals surface area contributed by atoms with E-state index in [4.69, 9.17) is 20.8 Å². The maximum atomic E-state index is 11.7. The van der Waals surface area contributed by atoms with Crippen LogP contribution in [0.4, 0.5) is 0 Å². The predicted molar refractivity (Wildman–Crippen MR) is 74.7 cm³/mol. The maximum absolute atomic E-state index is 11.7. The van der Waals surface area contributed by atoms with Gasteiger partial charge in [0.05, 0.1) is 12.9 Å². The third kappa shape index (κ3) is 5.26. The third-order valence-corrected chi connectivity index (χ3v) is 2.48. The fraction of sp³-hybridized carbons (Fsp3) is 0.462. The van der Waals surface area contributed by atoms with E-state index in [1.54, 1.807) is 19.1 Å². The van der Waals surface area contributed by atoms with Crippen molar-refractivity contribution in [3.63, 3.8) is 0 Å². The van der Waals surface area contributed by atoms with E-state index in [0.717, 1.165) is 12.8 Å². The Bertz CT molecular complexity index is 452. The molecule has 0 aliphatic rings. The van der Waals surface area contributed by atoms with Crippen LogP contribution in [-0.4, -0.2) is 23.5 Å². The first-order valence-electron chi connectivity index (χ1n) is 6.20. The number of nitrogens with zero attached hydrogens (tertiary/aromatic N) is 2. The van der Waals surface area contributed by atoms with Gasteiger partial charge in [0, 0.05) is 6.42 Å². The van der Waals surface area contributed by atoms with E-state index in [2.05, 4.69) is 17.1 Å². The molecule has 0 radical (unpaired) electrons. The smallest absolute Gasteiger partial charge is 0.362 e. The van der Waals surface area contributed by atoms with Crippen molar-refractivity contribution in [2.45, 2.75) is 33.1 Å². The topological polar surface area (TPSA) is 64.2 Å². The molecule has 104 valence electrons. The molecule has 0 amide bonds. The van der Waals surface area contributed by atoms with E-state index >= 15 is 0 Å². The zero-order chi connectivity index (χ0) is 14.1. The number of rotatable bonds is 7. The molecule has 0 saturated heterocycles. The Morgan fingerprint density at radius 1 is 1.42 bits per heavy atom. The van der Waals surface area contributed by atoms with E-state index in [0.29, 0.717) is 17.4 Å². The van der Waals surface area contributed by atoms with E-state index in [1.165, 1.54) is 6.26 Å². The van der Waals surface area contributed by atoms with E-state index < -0.39 is 5.97 Å². The lowest BCUT2D eigenvalue weighted by Gasteiger charge is -2.01. The van der Waals surface area contributed by atoms with Crippen LogP contribution < -0.4 is 0 Å². The number of carbonyl (C=O) groups excluding carboxylic acids is 1. The Morgan fingerprint density at radius 2 is 2.21 bits per heavy atom. The molecule has 0 aromatic carbocycles. The van der Waals surface area contributed by atoms with Crippen molar-refractivity contribution in [1.82, 2.24) is 0 Å². The highest BCUT2D eigenvalue weighted by Crippen LogP contribution is 2.07. The van der Waals surface area contributed by atoms with Crippen molar-refractivity contribution < 1.29 is 13.9 Å². The molecule has 0 aliphatic carbocycles. The number of halogens is 1. The Morgan fingerprint density at radius 3 is 2.79 bits per heavy atom. The second-order valence-corrected chi connectivity index (χ2v) is 4.16. The predicted octanol–water partition coefficient (Wildman–Crippen LogP) is 3.37. The summed E-state index contributed by atoms with van der Waals surface area (Å²) >= 11 is 5.91. The average molecular weight is 285 g/mol. The number of hydrogen-bond donors (Lipinski definition) is 0. The number of esters is 1. The third-order valence-electron chi connectivity index (χ3n) is 2.22. The van der Waals surface area contributed by atoms with Crippen molar-refractivity contribution in [2.24, 2.45) is 10.2 Å².